The number of ether oxygens (including phenoxy) is 1. The molecule has 2 aromatic carbocycles. The molecule has 0 saturated carbocycles. The van der Waals surface area contributed by atoms with E-state index in [1.165, 1.54) is 0 Å². The van der Waals surface area contributed by atoms with Crippen LogP contribution in [-0.4, -0.2) is 76.1 Å². The van der Waals surface area contributed by atoms with Crippen LogP contribution in [0.25, 0.3) is 0 Å². The number of anilines is 2. The summed E-state index contributed by atoms with van der Waals surface area (Å²) in [6, 6.07) is 12.0. The molecule has 3 amide bonds. The van der Waals surface area contributed by atoms with Crippen molar-refractivity contribution in [3.63, 3.8) is 0 Å². The van der Waals surface area contributed by atoms with Gasteiger partial charge in [-0.2, -0.15) is 0 Å². The topological polar surface area (TPSA) is 90.4 Å². The molecular weight excluding hydrogens is 562 g/mol. The van der Waals surface area contributed by atoms with Gasteiger partial charge >= 0.3 is 0 Å². The average molecular weight is 602 g/mol. The molecule has 6 atom stereocenters. The summed E-state index contributed by atoms with van der Waals surface area (Å²) in [6.07, 6.45) is 8.54. The number of benzene rings is 2. The minimum absolute atomic E-state index is 0.128. The summed E-state index contributed by atoms with van der Waals surface area (Å²) in [5, 5.41) is 10.2. The Bertz CT molecular complexity index is 1470. The Balaban J connectivity index is 1.44. The second-order valence-corrected chi connectivity index (χ2v) is 13.2. The maximum Gasteiger partial charge on any atom is 0.251 e. The Hall–Kier alpha value is -3.56. The van der Waals surface area contributed by atoms with Crippen molar-refractivity contribution in [1.82, 2.24) is 4.90 Å². The maximum absolute atomic E-state index is 14.8. The first-order valence-electron chi connectivity index (χ1n) is 15.1. The lowest BCUT2D eigenvalue weighted by Gasteiger charge is -2.38. The number of likely N-dealkylation sites (tertiary alicyclic amines) is 1. The van der Waals surface area contributed by atoms with E-state index in [1.54, 1.807) is 26.5 Å². The van der Waals surface area contributed by atoms with Gasteiger partial charge in [0.15, 0.2) is 0 Å². The van der Waals surface area contributed by atoms with Gasteiger partial charge in [-0.05, 0) is 62.6 Å². The largest absolute Gasteiger partial charge is 0.494 e. The number of carbonyl (C=O) groups is 3. The SMILES string of the molecule is CCOc1ccc(N2CC=C[C@@H]3S[C@]45C=CCN(c6c(C)cccc6C)C(=O)C4N([C@@H](CC)CO)C(=O)[C@@H]5[C@@H]3C2=O)cc1. The smallest absolute Gasteiger partial charge is 0.251 e. The molecule has 4 aliphatic rings. The fraction of sp³-hybridized carbons (Fsp3) is 0.441. The molecule has 0 radical (unpaired) electrons. The van der Waals surface area contributed by atoms with Crippen molar-refractivity contribution >= 4 is 40.9 Å². The highest BCUT2D eigenvalue weighted by atomic mass is 32.2. The molecule has 43 heavy (non-hydrogen) atoms. The van der Waals surface area contributed by atoms with Gasteiger partial charge in [0, 0.05) is 29.7 Å². The Labute approximate surface area is 257 Å². The van der Waals surface area contributed by atoms with Crippen LogP contribution >= 0.6 is 11.8 Å². The third kappa shape index (κ3) is 4.59. The average Bonchev–Trinajstić information content (AvgIpc) is 3.31. The van der Waals surface area contributed by atoms with Crippen molar-refractivity contribution in [3.8, 4) is 5.75 Å². The predicted octanol–water partition coefficient (Wildman–Crippen LogP) is 4.28. The number of nitrogens with zero attached hydrogens (tertiary/aromatic N) is 3. The first-order chi connectivity index (χ1) is 20.8. The van der Waals surface area contributed by atoms with Gasteiger partial charge in [0.25, 0.3) is 5.91 Å². The van der Waals surface area contributed by atoms with Crippen LogP contribution in [0.5, 0.6) is 5.75 Å². The monoisotopic (exact) mass is 601 g/mol. The number of fused-ring (bicyclic) bond motifs is 2. The number of aliphatic hydroxyl groups excluding tert-OH is 1. The quantitative estimate of drug-likeness (QED) is 0.477. The molecule has 6 rings (SSSR count). The van der Waals surface area contributed by atoms with Crippen molar-refractivity contribution in [1.29, 1.82) is 0 Å². The van der Waals surface area contributed by atoms with Crippen LogP contribution in [0, 0.1) is 25.7 Å². The van der Waals surface area contributed by atoms with E-state index < -0.39 is 28.7 Å². The van der Waals surface area contributed by atoms with Crippen molar-refractivity contribution in [2.24, 2.45) is 11.8 Å². The Morgan fingerprint density at radius 2 is 1.65 bits per heavy atom. The molecule has 2 fully saturated rings. The molecule has 1 spiro atoms. The highest BCUT2D eigenvalue weighted by molar-refractivity contribution is 8.02. The molecule has 2 saturated heterocycles. The van der Waals surface area contributed by atoms with E-state index in [4.69, 9.17) is 4.74 Å². The van der Waals surface area contributed by atoms with Gasteiger partial charge < -0.3 is 24.5 Å². The van der Waals surface area contributed by atoms with Gasteiger partial charge in [-0.15, -0.1) is 11.8 Å². The first-order valence-corrected chi connectivity index (χ1v) is 16.0. The summed E-state index contributed by atoms with van der Waals surface area (Å²) in [5.41, 5.74) is 3.54. The van der Waals surface area contributed by atoms with Crippen LogP contribution in [0.2, 0.25) is 0 Å². The third-order valence-corrected chi connectivity index (χ3v) is 11.1. The maximum atomic E-state index is 14.8. The molecule has 4 heterocycles. The summed E-state index contributed by atoms with van der Waals surface area (Å²) in [6.45, 7) is 8.87. The summed E-state index contributed by atoms with van der Waals surface area (Å²) >= 11 is 1.56. The number of hydrogen-bond donors (Lipinski definition) is 1. The van der Waals surface area contributed by atoms with Crippen molar-refractivity contribution in [2.75, 3.05) is 36.1 Å². The van der Waals surface area contributed by atoms with Crippen LogP contribution in [0.1, 0.15) is 31.4 Å². The molecular formula is C34H39N3O5S. The Morgan fingerprint density at radius 3 is 2.30 bits per heavy atom. The lowest BCUT2D eigenvalue weighted by atomic mass is 9.78. The number of thioether (sulfide) groups is 1. The van der Waals surface area contributed by atoms with E-state index in [-0.39, 0.29) is 29.6 Å². The van der Waals surface area contributed by atoms with Gasteiger partial charge in [0.05, 0.1) is 35.8 Å². The van der Waals surface area contributed by atoms with Crippen LogP contribution in [-0.2, 0) is 14.4 Å². The summed E-state index contributed by atoms with van der Waals surface area (Å²) in [4.78, 5) is 49.0. The minimum Gasteiger partial charge on any atom is -0.494 e. The van der Waals surface area contributed by atoms with Crippen molar-refractivity contribution in [2.45, 2.75) is 56.2 Å². The van der Waals surface area contributed by atoms with E-state index in [9.17, 15) is 19.5 Å². The zero-order chi connectivity index (χ0) is 30.5. The van der Waals surface area contributed by atoms with Crippen molar-refractivity contribution < 1.29 is 24.2 Å². The fourth-order valence-electron chi connectivity index (χ4n) is 7.44. The number of rotatable bonds is 7. The second kappa shape index (κ2) is 11.5. The highest BCUT2D eigenvalue weighted by Gasteiger charge is 2.71. The first kappa shape index (κ1) is 29.5. The van der Waals surface area contributed by atoms with Crippen LogP contribution in [0.3, 0.4) is 0 Å². The molecule has 1 unspecified atom stereocenters. The highest BCUT2D eigenvalue weighted by Crippen LogP contribution is 2.61. The van der Waals surface area contributed by atoms with Gasteiger partial charge in [0.1, 0.15) is 11.8 Å². The zero-order valence-electron chi connectivity index (χ0n) is 25.1. The lowest BCUT2D eigenvalue weighted by Crippen LogP contribution is -2.56. The van der Waals surface area contributed by atoms with Crippen molar-refractivity contribution in [3.05, 3.63) is 77.9 Å². The molecule has 226 valence electrons. The molecule has 8 nitrogen and oxygen atoms in total. The molecule has 9 heteroatoms. The van der Waals surface area contributed by atoms with Gasteiger partial charge in [-0.3, -0.25) is 14.4 Å². The standard InChI is InChI=1S/C34H39N3O5S/c1-5-23(20-38)37-30-33(41)36(29-21(3)10-7-11-22(29)4)19-9-17-34(30)28(32(37)40)27-26(43-34)12-8-18-35(31(27)39)24-13-15-25(16-14-24)42-6-2/h7-17,23,26-28,30,38H,5-6,18-20H2,1-4H3/t23-,26-,27+,28-,30?,34-/m0/s1. The Kier molecular flexibility index (Phi) is 7.89. The molecule has 0 aliphatic carbocycles. The van der Waals surface area contributed by atoms with Crippen LogP contribution < -0.4 is 14.5 Å². The number of para-hydroxylation sites is 1. The van der Waals surface area contributed by atoms with Crippen LogP contribution in [0.4, 0.5) is 11.4 Å². The molecule has 4 aliphatic heterocycles. The van der Waals surface area contributed by atoms with E-state index in [0.29, 0.717) is 26.1 Å². The van der Waals surface area contributed by atoms with E-state index in [1.807, 2.05) is 94.5 Å². The van der Waals surface area contributed by atoms with E-state index in [0.717, 1.165) is 28.3 Å². The number of aliphatic hydroxyl groups is 1. The zero-order valence-corrected chi connectivity index (χ0v) is 25.9. The van der Waals surface area contributed by atoms with Gasteiger partial charge in [-0.1, -0.05) is 49.4 Å². The van der Waals surface area contributed by atoms with Gasteiger partial charge in [-0.25, -0.2) is 0 Å². The number of hydrogen-bond acceptors (Lipinski definition) is 6. The number of aryl methyl sites for hydroxylation is 2. The molecule has 0 aromatic heterocycles. The van der Waals surface area contributed by atoms with Crippen LogP contribution in [0.15, 0.2) is 66.8 Å². The molecule has 2 aromatic rings. The van der Waals surface area contributed by atoms with E-state index >= 15 is 0 Å². The Morgan fingerprint density at radius 1 is 0.953 bits per heavy atom. The normalized spacial score (nSPS) is 28.9. The number of amides is 3. The van der Waals surface area contributed by atoms with E-state index in [2.05, 4.69) is 0 Å². The third-order valence-electron chi connectivity index (χ3n) is 9.34. The second-order valence-electron chi connectivity index (χ2n) is 11.7. The fourth-order valence-corrected chi connectivity index (χ4v) is 9.43. The number of carbonyl (C=O) groups excluding carboxylic acids is 3. The summed E-state index contributed by atoms with van der Waals surface area (Å²) in [5.74, 6) is -1.21. The minimum atomic E-state index is -0.945. The summed E-state index contributed by atoms with van der Waals surface area (Å²) in [7, 11) is 0. The molecule has 1 N–H and O–H groups in total. The molecule has 0 bridgehead atoms. The van der Waals surface area contributed by atoms with Gasteiger partial charge in [0.2, 0.25) is 11.8 Å². The summed E-state index contributed by atoms with van der Waals surface area (Å²) < 4.78 is 4.65. The lowest BCUT2D eigenvalue weighted by molar-refractivity contribution is -0.141. The predicted molar refractivity (Wildman–Crippen MR) is 169 cm³/mol.